The molecule has 0 aliphatic carbocycles. The number of amides is 1. The number of hydrogen-bond donors (Lipinski definition) is 4. The van der Waals surface area contributed by atoms with E-state index in [1.807, 2.05) is 6.07 Å². The predicted molar refractivity (Wildman–Crippen MR) is 66.0 cm³/mol. The van der Waals surface area contributed by atoms with Crippen LogP contribution < -0.4 is 5.32 Å². The molecule has 0 heterocycles. The van der Waals surface area contributed by atoms with Crippen LogP contribution in [0.15, 0.2) is 24.3 Å². The van der Waals surface area contributed by atoms with E-state index in [0.29, 0.717) is 13.0 Å². The Labute approximate surface area is 106 Å². The van der Waals surface area contributed by atoms with E-state index >= 15 is 0 Å². The molecule has 0 bridgehead atoms. The van der Waals surface area contributed by atoms with Gasteiger partial charge in [0, 0.05) is 13.5 Å². The molecule has 1 amide bonds. The molecular weight excluding hydrogens is 237 g/mol. The van der Waals surface area contributed by atoms with Crippen LogP contribution in [-0.2, 0) is 11.2 Å². The minimum Gasteiger partial charge on any atom is -0.478 e. The van der Waals surface area contributed by atoms with E-state index in [1.165, 1.54) is 6.92 Å². The minimum absolute atomic E-state index is 0. The summed E-state index contributed by atoms with van der Waals surface area (Å²) in [5.41, 5.74) is 1.18. The molecule has 0 unspecified atom stereocenters. The molecule has 1 aromatic rings. The van der Waals surface area contributed by atoms with E-state index in [-0.39, 0.29) is 19.2 Å². The summed E-state index contributed by atoms with van der Waals surface area (Å²) in [6, 6.07) is 6.70. The first-order chi connectivity index (χ1) is 8.51. The van der Waals surface area contributed by atoms with E-state index in [4.69, 9.17) is 15.2 Å². The van der Waals surface area contributed by atoms with Gasteiger partial charge in [-0.15, -0.1) is 0 Å². The van der Waals surface area contributed by atoms with E-state index in [0.717, 1.165) is 5.56 Å². The number of aromatic carboxylic acids is 1. The van der Waals surface area contributed by atoms with Crippen LogP contribution in [0.1, 0.15) is 22.8 Å². The van der Waals surface area contributed by atoms with Gasteiger partial charge in [0.2, 0.25) is 5.91 Å². The highest BCUT2D eigenvalue weighted by atomic mass is 16.4. The van der Waals surface area contributed by atoms with E-state index in [9.17, 15) is 9.59 Å². The van der Waals surface area contributed by atoms with Crippen molar-refractivity contribution in [3.05, 3.63) is 35.4 Å². The van der Waals surface area contributed by atoms with Gasteiger partial charge in [-0.1, -0.05) is 12.1 Å². The summed E-state index contributed by atoms with van der Waals surface area (Å²) in [5, 5.41) is 25.4. The lowest BCUT2D eigenvalue weighted by Crippen LogP contribution is -2.22. The summed E-state index contributed by atoms with van der Waals surface area (Å²) >= 11 is 0. The molecule has 1 radical (unpaired) electrons. The maximum Gasteiger partial charge on any atom is 0.482 e. The first-order valence-electron chi connectivity index (χ1n) is 5.18. The first kappa shape index (κ1) is 16.1. The van der Waals surface area contributed by atoms with Crippen molar-refractivity contribution in [1.29, 1.82) is 0 Å². The number of rotatable bonds is 4. The van der Waals surface area contributed by atoms with Crippen LogP contribution in [0.4, 0.5) is 0 Å². The molecule has 18 heavy (non-hydrogen) atoms. The monoisotopic (exact) mass is 252 g/mol. The Bertz CT molecular complexity index is 397. The van der Waals surface area contributed by atoms with Crippen molar-refractivity contribution in [2.75, 3.05) is 6.54 Å². The maximum atomic E-state index is 10.7. The maximum absolute atomic E-state index is 10.7. The highest BCUT2D eigenvalue weighted by Gasteiger charge is 2.02. The Morgan fingerprint density at radius 3 is 2.44 bits per heavy atom. The van der Waals surface area contributed by atoms with Gasteiger partial charge in [-0.25, -0.2) is 4.79 Å². The highest BCUT2D eigenvalue weighted by molar-refractivity contribution is 6.13. The van der Waals surface area contributed by atoms with Gasteiger partial charge in [-0.2, -0.15) is 0 Å². The van der Waals surface area contributed by atoms with Crippen LogP contribution >= 0.6 is 0 Å². The number of hydrogen-bond acceptors (Lipinski definition) is 4. The van der Waals surface area contributed by atoms with Crippen LogP contribution in [0, 0.1) is 0 Å². The average molecular weight is 252 g/mol. The summed E-state index contributed by atoms with van der Waals surface area (Å²) in [6.45, 7) is 1.98. The van der Waals surface area contributed by atoms with Gasteiger partial charge in [0.25, 0.3) is 0 Å². The zero-order valence-corrected chi connectivity index (χ0v) is 9.96. The Kier molecular flexibility index (Phi) is 8.26. The van der Waals surface area contributed by atoms with Gasteiger partial charge in [0.1, 0.15) is 0 Å². The molecule has 0 saturated carbocycles. The third-order valence-corrected chi connectivity index (χ3v) is 1.96. The number of carbonyl (C=O) groups is 2. The van der Waals surface area contributed by atoms with Crippen molar-refractivity contribution in [3.8, 4) is 0 Å². The number of carboxylic acid groups (broad SMARTS) is 1. The van der Waals surface area contributed by atoms with Gasteiger partial charge in [-0.05, 0) is 24.1 Å². The zero-order chi connectivity index (χ0) is 14.0. The molecule has 0 aliphatic rings. The van der Waals surface area contributed by atoms with E-state index < -0.39 is 5.97 Å². The van der Waals surface area contributed by atoms with Gasteiger partial charge >= 0.3 is 13.7 Å². The SMILES string of the molecule is CC(=O)NCCc1cccc(C(=O)O)c1.O[B]O. The predicted octanol–water partition coefficient (Wildman–Crippen LogP) is -0.431. The van der Waals surface area contributed by atoms with Gasteiger partial charge < -0.3 is 20.5 Å². The van der Waals surface area contributed by atoms with Crippen LogP contribution in [-0.4, -0.2) is 41.3 Å². The molecule has 0 atom stereocenters. The second-order valence-electron chi connectivity index (χ2n) is 3.35. The van der Waals surface area contributed by atoms with Crippen molar-refractivity contribution >= 4 is 19.6 Å². The fourth-order valence-electron chi connectivity index (χ4n) is 1.24. The molecule has 7 heteroatoms. The molecule has 4 N–H and O–H groups in total. The molecular formula is C11H15BNO5. The van der Waals surface area contributed by atoms with Gasteiger partial charge in [0.15, 0.2) is 0 Å². The number of benzene rings is 1. The summed E-state index contributed by atoms with van der Waals surface area (Å²) in [6.07, 6.45) is 0.640. The molecule has 0 spiro atoms. The van der Waals surface area contributed by atoms with Crippen LogP contribution in [0.5, 0.6) is 0 Å². The Balaban J connectivity index is 0.000000873. The summed E-state index contributed by atoms with van der Waals surface area (Å²) in [5.74, 6) is -1.01. The van der Waals surface area contributed by atoms with Crippen LogP contribution in [0.25, 0.3) is 0 Å². The molecule has 1 aromatic carbocycles. The van der Waals surface area contributed by atoms with Gasteiger partial charge in [0.05, 0.1) is 5.56 Å². The third kappa shape index (κ3) is 7.42. The standard InChI is InChI=1S/C11H13NO3.BH2O2/c1-8(13)12-6-5-9-3-2-4-10(7-9)11(14)15;2-1-3/h2-4,7H,5-6H2,1H3,(H,12,13)(H,14,15);2-3H. The molecule has 1 rings (SSSR count). The zero-order valence-electron chi connectivity index (χ0n) is 9.96. The molecule has 0 saturated heterocycles. The summed E-state index contributed by atoms with van der Waals surface area (Å²) < 4.78 is 0. The van der Waals surface area contributed by atoms with Crippen molar-refractivity contribution in [2.24, 2.45) is 0 Å². The van der Waals surface area contributed by atoms with Crippen LogP contribution in [0.3, 0.4) is 0 Å². The second-order valence-corrected chi connectivity index (χ2v) is 3.35. The minimum atomic E-state index is -0.934. The molecule has 0 fully saturated rings. The third-order valence-electron chi connectivity index (χ3n) is 1.96. The first-order valence-corrected chi connectivity index (χ1v) is 5.18. The lowest BCUT2D eigenvalue weighted by atomic mass is 10.1. The largest absolute Gasteiger partial charge is 0.482 e. The Hall–Kier alpha value is -1.86. The molecule has 0 aliphatic heterocycles. The van der Waals surface area contributed by atoms with Crippen molar-refractivity contribution in [1.82, 2.24) is 5.32 Å². The Morgan fingerprint density at radius 2 is 1.94 bits per heavy atom. The smallest absolute Gasteiger partial charge is 0.478 e. The lowest BCUT2D eigenvalue weighted by molar-refractivity contribution is -0.118. The van der Waals surface area contributed by atoms with Crippen molar-refractivity contribution < 1.29 is 24.7 Å². The number of carboxylic acids is 1. The molecule has 6 nitrogen and oxygen atoms in total. The Morgan fingerprint density at radius 1 is 1.33 bits per heavy atom. The van der Waals surface area contributed by atoms with E-state index in [2.05, 4.69) is 5.32 Å². The molecule has 0 aromatic heterocycles. The van der Waals surface area contributed by atoms with Crippen LogP contribution in [0.2, 0.25) is 0 Å². The van der Waals surface area contributed by atoms with Gasteiger partial charge in [-0.3, -0.25) is 4.79 Å². The fraction of sp³-hybridized carbons (Fsp3) is 0.273. The topological polar surface area (TPSA) is 107 Å². The summed E-state index contributed by atoms with van der Waals surface area (Å²) in [4.78, 5) is 21.3. The average Bonchev–Trinajstić information content (AvgIpc) is 2.30. The fourth-order valence-corrected chi connectivity index (χ4v) is 1.24. The molecule has 97 valence electrons. The van der Waals surface area contributed by atoms with Crippen molar-refractivity contribution in [3.63, 3.8) is 0 Å². The lowest BCUT2D eigenvalue weighted by Gasteiger charge is -2.03. The second kappa shape index (κ2) is 9.20. The summed E-state index contributed by atoms with van der Waals surface area (Å²) in [7, 11) is 0. The van der Waals surface area contributed by atoms with Crippen molar-refractivity contribution in [2.45, 2.75) is 13.3 Å². The number of nitrogens with one attached hydrogen (secondary N) is 1. The van der Waals surface area contributed by atoms with E-state index in [1.54, 1.807) is 18.2 Å². The quantitative estimate of drug-likeness (QED) is 0.544. The highest BCUT2D eigenvalue weighted by Crippen LogP contribution is 2.05. The number of carbonyl (C=O) groups excluding carboxylic acids is 1. The normalized spacial score (nSPS) is 8.83.